The molecule has 2 rings (SSSR count). The van der Waals surface area contributed by atoms with Crippen LogP contribution in [0.4, 0.5) is 0 Å². The largest absolute Gasteiger partial charge is 0.482 e. The van der Waals surface area contributed by atoms with Crippen LogP contribution >= 0.6 is 0 Å². The number of benzene rings is 2. The van der Waals surface area contributed by atoms with Crippen molar-refractivity contribution in [3.05, 3.63) is 64.7 Å². The maximum absolute atomic E-state index is 12.0. The van der Waals surface area contributed by atoms with E-state index in [0.717, 1.165) is 11.1 Å². The fourth-order valence-electron chi connectivity index (χ4n) is 2.29. The molecule has 144 valence electrons. The van der Waals surface area contributed by atoms with E-state index in [4.69, 9.17) is 19.5 Å². The Kier molecular flexibility index (Phi) is 7.35. The van der Waals surface area contributed by atoms with E-state index in [-0.39, 0.29) is 24.5 Å². The van der Waals surface area contributed by atoms with Crippen LogP contribution < -0.4 is 9.47 Å². The van der Waals surface area contributed by atoms with Gasteiger partial charge in [-0.05, 0) is 67.8 Å². The molecule has 0 N–H and O–H groups in total. The Balaban J connectivity index is 2.01. The molecule has 0 bridgehead atoms. The second-order valence-electron chi connectivity index (χ2n) is 5.97. The monoisotopic (exact) mass is 379 g/mol. The Hall–Kier alpha value is -3.59. The zero-order valence-electron chi connectivity index (χ0n) is 16.0. The van der Waals surface area contributed by atoms with Crippen LogP contribution in [0.25, 0.3) is 6.08 Å². The lowest BCUT2D eigenvalue weighted by Gasteiger charge is -2.09. The molecule has 0 aliphatic carbocycles. The highest BCUT2D eigenvalue weighted by Gasteiger charge is 2.11. The number of carbonyl (C=O) groups is 2. The maximum Gasteiger partial charge on any atom is 0.349 e. The summed E-state index contributed by atoms with van der Waals surface area (Å²) in [4.78, 5) is 23.7. The molecular formula is C22H21NO5. The Labute approximate surface area is 164 Å². The molecule has 0 atom stereocenters. The van der Waals surface area contributed by atoms with Gasteiger partial charge in [-0.2, -0.15) is 5.26 Å². The summed E-state index contributed by atoms with van der Waals surface area (Å²) < 4.78 is 15.5. The fraction of sp³-hybridized carbons (Fsp3) is 0.227. The highest BCUT2D eigenvalue weighted by Crippen LogP contribution is 2.18. The predicted octanol–water partition coefficient (Wildman–Crippen LogP) is 3.76. The van der Waals surface area contributed by atoms with Crippen LogP contribution in [0.15, 0.2) is 48.0 Å². The third-order valence-corrected chi connectivity index (χ3v) is 3.85. The van der Waals surface area contributed by atoms with E-state index in [9.17, 15) is 9.59 Å². The van der Waals surface area contributed by atoms with Crippen molar-refractivity contribution in [3.63, 3.8) is 0 Å². The van der Waals surface area contributed by atoms with Gasteiger partial charge < -0.3 is 14.2 Å². The van der Waals surface area contributed by atoms with Gasteiger partial charge in [0, 0.05) is 0 Å². The van der Waals surface area contributed by atoms with Gasteiger partial charge in [0.15, 0.2) is 6.61 Å². The first-order valence-corrected chi connectivity index (χ1v) is 8.72. The van der Waals surface area contributed by atoms with Crippen molar-refractivity contribution in [1.82, 2.24) is 0 Å². The van der Waals surface area contributed by atoms with E-state index < -0.39 is 11.9 Å². The minimum absolute atomic E-state index is 0.136. The van der Waals surface area contributed by atoms with E-state index in [1.165, 1.54) is 6.08 Å². The minimum atomic E-state index is -0.700. The molecule has 0 fully saturated rings. The summed E-state index contributed by atoms with van der Waals surface area (Å²) in [5, 5.41) is 9.09. The van der Waals surface area contributed by atoms with Gasteiger partial charge in [0.05, 0.1) is 6.61 Å². The van der Waals surface area contributed by atoms with Gasteiger partial charge in [0.25, 0.3) is 0 Å². The smallest absolute Gasteiger partial charge is 0.349 e. The lowest BCUT2D eigenvalue weighted by atomic mass is 10.1. The number of hydrogen-bond acceptors (Lipinski definition) is 6. The molecule has 0 aliphatic heterocycles. The molecule has 2 aromatic rings. The number of ether oxygens (including phenoxy) is 3. The van der Waals surface area contributed by atoms with E-state index in [1.54, 1.807) is 43.3 Å². The number of aryl methyl sites for hydroxylation is 2. The van der Waals surface area contributed by atoms with Crippen molar-refractivity contribution >= 4 is 18.0 Å². The van der Waals surface area contributed by atoms with Crippen LogP contribution in [0.1, 0.15) is 23.6 Å². The van der Waals surface area contributed by atoms with Crippen molar-refractivity contribution in [1.29, 1.82) is 5.26 Å². The van der Waals surface area contributed by atoms with Gasteiger partial charge in [0.2, 0.25) is 0 Å². The number of esters is 2. The van der Waals surface area contributed by atoms with Crippen molar-refractivity contribution in [2.75, 3.05) is 13.2 Å². The highest BCUT2D eigenvalue weighted by molar-refractivity contribution is 5.97. The van der Waals surface area contributed by atoms with Gasteiger partial charge in [-0.15, -0.1) is 0 Å². The summed E-state index contributed by atoms with van der Waals surface area (Å²) in [7, 11) is 0. The molecule has 2 aromatic carbocycles. The van der Waals surface area contributed by atoms with E-state index in [0.29, 0.717) is 11.3 Å². The number of nitriles is 1. The van der Waals surface area contributed by atoms with Gasteiger partial charge in [-0.3, -0.25) is 0 Å². The topological polar surface area (TPSA) is 85.6 Å². The van der Waals surface area contributed by atoms with Crippen LogP contribution in [-0.4, -0.2) is 25.2 Å². The fourth-order valence-corrected chi connectivity index (χ4v) is 2.29. The molecule has 6 heteroatoms. The first-order valence-electron chi connectivity index (χ1n) is 8.72. The number of carbonyl (C=O) groups excluding carboxylic acids is 2. The molecule has 0 amide bonds. The number of hydrogen-bond donors (Lipinski definition) is 0. The average Bonchev–Trinajstić information content (AvgIpc) is 2.67. The van der Waals surface area contributed by atoms with Gasteiger partial charge >= 0.3 is 11.9 Å². The molecule has 6 nitrogen and oxygen atoms in total. The Morgan fingerprint density at radius 3 is 2.54 bits per heavy atom. The Bertz CT molecular complexity index is 940. The third kappa shape index (κ3) is 5.99. The number of rotatable bonds is 7. The molecule has 0 radical (unpaired) electrons. The summed E-state index contributed by atoms with van der Waals surface area (Å²) >= 11 is 0. The standard InChI is InChI=1S/C22H21NO5/c1-4-26-22(25)18(13-23)11-17-6-5-7-20(12-17)28-21(24)14-27-19-9-8-15(2)16(3)10-19/h5-12H,4,14H2,1-3H3/b18-11+. The van der Waals surface area contributed by atoms with Crippen molar-refractivity contribution in [2.24, 2.45) is 0 Å². The summed E-state index contributed by atoms with van der Waals surface area (Å²) in [5.41, 5.74) is 2.60. The lowest BCUT2D eigenvalue weighted by Crippen LogP contribution is -2.17. The molecule has 0 heterocycles. The average molecular weight is 379 g/mol. The van der Waals surface area contributed by atoms with Crippen LogP contribution in [0.5, 0.6) is 11.5 Å². The lowest BCUT2D eigenvalue weighted by molar-refractivity contribution is -0.138. The molecule has 0 saturated heterocycles. The molecule has 0 spiro atoms. The van der Waals surface area contributed by atoms with Crippen LogP contribution in [0.2, 0.25) is 0 Å². The van der Waals surface area contributed by atoms with E-state index >= 15 is 0 Å². The predicted molar refractivity (Wildman–Crippen MR) is 104 cm³/mol. The summed E-state index contributed by atoms with van der Waals surface area (Å²) in [6.45, 7) is 5.55. The second kappa shape index (κ2) is 9.93. The highest BCUT2D eigenvalue weighted by atomic mass is 16.6. The van der Waals surface area contributed by atoms with E-state index in [1.807, 2.05) is 26.0 Å². The minimum Gasteiger partial charge on any atom is -0.482 e. The maximum atomic E-state index is 12.0. The summed E-state index contributed by atoms with van der Waals surface area (Å²) in [5.74, 6) is -0.395. The van der Waals surface area contributed by atoms with Crippen LogP contribution in [0, 0.1) is 25.2 Å². The van der Waals surface area contributed by atoms with Crippen LogP contribution in [0.3, 0.4) is 0 Å². The SMILES string of the molecule is CCOC(=O)/C(C#N)=C/c1cccc(OC(=O)COc2ccc(C)c(C)c2)c1. The zero-order chi connectivity index (χ0) is 20.5. The number of nitrogens with zero attached hydrogens (tertiary/aromatic N) is 1. The molecular weight excluding hydrogens is 358 g/mol. The summed E-state index contributed by atoms with van der Waals surface area (Å²) in [6, 6.07) is 13.8. The molecule has 28 heavy (non-hydrogen) atoms. The van der Waals surface area contributed by atoms with E-state index in [2.05, 4.69) is 0 Å². The van der Waals surface area contributed by atoms with Crippen molar-refractivity contribution < 1.29 is 23.8 Å². The summed E-state index contributed by atoms with van der Waals surface area (Å²) in [6.07, 6.45) is 1.38. The van der Waals surface area contributed by atoms with Gasteiger partial charge in [-0.1, -0.05) is 18.2 Å². The Morgan fingerprint density at radius 1 is 1.07 bits per heavy atom. The van der Waals surface area contributed by atoms with Crippen molar-refractivity contribution in [3.8, 4) is 17.6 Å². The van der Waals surface area contributed by atoms with Crippen molar-refractivity contribution in [2.45, 2.75) is 20.8 Å². The Morgan fingerprint density at radius 2 is 1.86 bits per heavy atom. The second-order valence-corrected chi connectivity index (χ2v) is 5.97. The third-order valence-electron chi connectivity index (χ3n) is 3.85. The first kappa shape index (κ1) is 20.7. The van der Waals surface area contributed by atoms with Crippen LogP contribution in [-0.2, 0) is 14.3 Å². The molecule has 0 aliphatic rings. The normalized spacial score (nSPS) is 10.7. The zero-order valence-corrected chi connectivity index (χ0v) is 16.0. The quantitative estimate of drug-likeness (QED) is 0.315. The van der Waals surface area contributed by atoms with Gasteiger partial charge in [0.1, 0.15) is 23.1 Å². The van der Waals surface area contributed by atoms with Gasteiger partial charge in [-0.25, -0.2) is 9.59 Å². The molecule has 0 aromatic heterocycles. The molecule has 0 saturated carbocycles. The molecule has 0 unspecified atom stereocenters. The first-order chi connectivity index (χ1) is 13.4.